The summed E-state index contributed by atoms with van der Waals surface area (Å²) in [5, 5.41) is 1.12. The first-order chi connectivity index (χ1) is 5.67. The summed E-state index contributed by atoms with van der Waals surface area (Å²) in [4.78, 5) is 16.0. The summed E-state index contributed by atoms with van der Waals surface area (Å²) >= 11 is 0. The Morgan fingerprint density at radius 1 is 1.50 bits per heavy atom. The van der Waals surface area contributed by atoms with Crippen LogP contribution in [0.25, 0.3) is 0 Å². The number of nitrogens with zero attached hydrogens (tertiary/aromatic N) is 1. The summed E-state index contributed by atoms with van der Waals surface area (Å²) < 4.78 is 0. The van der Waals surface area contributed by atoms with Gasteiger partial charge in [0.1, 0.15) is 0 Å². The zero-order chi connectivity index (χ0) is 9.56. The highest BCUT2D eigenvalue weighted by atomic mass is 16.7. The Labute approximate surface area is 72.6 Å². The van der Waals surface area contributed by atoms with E-state index in [2.05, 4.69) is 13.2 Å². The van der Waals surface area contributed by atoms with E-state index in [0.29, 0.717) is 5.57 Å². The molecule has 0 atom stereocenters. The van der Waals surface area contributed by atoms with E-state index >= 15 is 0 Å². The van der Waals surface area contributed by atoms with E-state index in [1.807, 2.05) is 0 Å². The lowest BCUT2D eigenvalue weighted by Crippen LogP contribution is -2.26. The van der Waals surface area contributed by atoms with Crippen LogP contribution < -0.4 is 0 Å². The molecule has 1 amide bonds. The van der Waals surface area contributed by atoms with Crippen LogP contribution in [0.2, 0.25) is 0 Å². The maximum Gasteiger partial charge on any atom is 0.277 e. The summed E-state index contributed by atoms with van der Waals surface area (Å²) in [5.74, 6) is -0.243. The zero-order valence-electron chi connectivity index (χ0n) is 7.41. The zero-order valence-corrected chi connectivity index (χ0v) is 7.41. The average molecular weight is 167 g/mol. The average Bonchev–Trinajstić information content (AvgIpc) is 2.11. The molecule has 12 heavy (non-hydrogen) atoms. The van der Waals surface area contributed by atoms with E-state index < -0.39 is 0 Å². The van der Waals surface area contributed by atoms with Crippen molar-refractivity contribution in [2.45, 2.75) is 0 Å². The van der Waals surface area contributed by atoms with E-state index in [0.717, 1.165) is 5.06 Å². The Morgan fingerprint density at radius 3 is 2.42 bits per heavy atom. The molecule has 0 aromatic rings. The second-order valence-corrected chi connectivity index (χ2v) is 2.05. The number of hydroxylamine groups is 2. The molecule has 0 bridgehead atoms. The Hall–Kier alpha value is -1.35. The molecule has 0 aromatic carbocycles. The third kappa shape index (κ3) is 2.72. The third-order valence-corrected chi connectivity index (χ3v) is 1.32. The molecular formula is C9H13NO2. The van der Waals surface area contributed by atoms with E-state index in [1.165, 1.54) is 26.3 Å². The minimum atomic E-state index is -0.243. The maximum absolute atomic E-state index is 11.3. The number of carbonyl (C=O) groups is 1. The van der Waals surface area contributed by atoms with Crippen LogP contribution in [-0.2, 0) is 9.63 Å². The molecule has 0 N–H and O–H groups in total. The maximum atomic E-state index is 11.3. The summed E-state index contributed by atoms with van der Waals surface area (Å²) in [7, 11) is 2.95. The third-order valence-electron chi connectivity index (χ3n) is 1.32. The first-order valence-electron chi connectivity index (χ1n) is 3.44. The number of allylic oxidation sites excluding steroid dienone is 2. The van der Waals surface area contributed by atoms with E-state index in [4.69, 9.17) is 4.84 Å². The molecule has 0 unspecified atom stereocenters. The quantitative estimate of drug-likeness (QED) is 0.359. The van der Waals surface area contributed by atoms with Crippen molar-refractivity contribution < 1.29 is 9.63 Å². The van der Waals surface area contributed by atoms with Crippen molar-refractivity contribution in [3.05, 3.63) is 37.0 Å². The van der Waals surface area contributed by atoms with Crippen molar-refractivity contribution in [2.24, 2.45) is 0 Å². The Balaban J connectivity index is 4.52. The van der Waals surface area contributed by atoms with Gasteiger partial charge < -0.3 is 0 Å². The van der Waals surface area contributed by atoms with Gasteiger partial charge in [-0.05, 0) is 6.08 Å². The monoisotopic (exact) mass is 167 g/mol. The molecule has 0 saturated heterocycles. The standard InChI is InChI=1S/C9H13NO2/c1-5-7-8(6-2)9(11)10(3)12-4/h5-7H,1-2H2,3-4H3/b8-7+. The van der Waals surface area contributed by atoms with Gasteiger partial charge in [-0.1, -0.05) is 25.3 Å². The Morgan fingerprint density at radius 2 is 2.08 bits per heavy atom. The fourth-order valence-electron chi connectivity index (χ4n) is 0.618. The van der Waals surface area contributed by atoms with Gasteiger partial charge >= 0.3 is 0 Å². The van der Waals surface area contributed by atoms with Gasteiger partial charge in [0.05, 0.1) is 7.11 Å². The smallest absolute Gasteiger partial charge is 0.274 e. The molecule has 3 heteroatoms. The molecule has 0 aromatic heterocycles. The number of likely N-dealkylation sites (N-methyl/N-ethyl adjacent to an activating group) is 1. The second kappa shape index (κ2) is 5.32. The van der Waals surface area contributed by atoms with Crippen molar-refractivity contribution in [3.63, 3.8) is 0 Å². The van der Waals surface area contributed by atoms with Gasteiger partial charge in [0.25, 0.3) is 5.91 Å². The Kier molecular flexibility index (Phi) is 4.72. The minimum absolute atomic E-state index is 0.243. The number of rotatable bonds is 4. The fourth-order valence-corrected chi connectivity index (χ4v) is 0.618. The molecule has 0 aliphatic rings. The first kappa shape index (κ1) is 10.7. The molecule has 3 nitrogen and oxygen atoms in total. The highest BCUT2D eigenvalue weighted by molar-refractivity contribution is 5.95. The normalized spacial score (nSPS) is 10.7. The van der Waals surface area contributed by atoms with Gasteiger partial charge in [-0.3, -0.25) is 9.63 Å². The number of hydrogen-bond acceptors (Lipinski definition) is 2. The fraction of sp³-hybridized carbons (Fsp3) is 0.222. The summed E-state index contributed by atoms with van der Waals surface area (Å²) in [6, 6.07) is 0. The van der Waals surface area contributed by atoms with Crippen molar-refractivity contribution >= 4 is 5.91 Å². The van der Waals surface area contributed by atoms with E-state index in [9.17, 15) is 4.79 Å². The van der Waals surface area contributed by atoms with E-state index in [1.54, 1.807) is 6.08 Å². The molecule has 0 aliphatic heterocycles. The molecular weight excluding hydrogens is 154 g/mol. The van der Waals surface area contributed by atoms with E-state index in [-0.39, 0.29) is 5.91 Å². The molecule has 66 valence electrons. The highest BCUT2D eigenvalue weighted by Crippen LogP contribution is 2.01. The predicted molar refractivity (Wildman–Crippen MR) is 48.3 cm³/mol. The first-order valence-corrected chi connectivity index (χ1v) is 3.44. The van der Waals surface area contributed by atoms with Gasteiger partial charge in [0.2, 0.25) is 0 Å². The van der Waals surface area contributed by atoms with Gasteiger partial charge in [0, 0.05) is 12.6 Å². The number of amides is 1. The highest BCUT2D eigenvalue weighted by Gasteiger charge is 2.09. The molecule has 0 saturated carbocycles. The summed E-state index contributed by atoms with van der Waals surface area (Å²) in [5.41, 5.74) is 0.453. The van der Waals surface area contributed by atoms with Gasteiger partial charge in [-0.25, -0.2) is 5.06 Å². The van der Waals surface area contributed by atoms with Gasteiger partial charge in [0.15, 0.2) is 0 Å². The van der Waals surface area contributed by atoms with Crippen LogP contribution in [0, 0.1) is 0 Å². The van der Waals surface area contributed by atoms with Crippen LogP contribution in [0.15, 0.2) is 37.0 Å². The second-order valence-electron chi connectivity index (χ2n) is 2.05. The molecule has 0 heterocycles. The molecule has 0 spiro atoms. The van der Waals surface area contributed by atoms with Crippen molar-refractivity contribution in [1.82, 2.24) is 5.06 Å². The minimum Gasteiger partial charge on any atom is -0.274 e. The summed E-state index contributed by atoms with van der Waals surface area (Å²) in [6.45, 7) is 6.98. The van der Waals surface area contributed by atoms with Crippen LogP contribution in [0.5, 0.6) is 0 Å². The Bertz CT molecular complexity index is 219. The topological polar surface area (TPSA) is 29.5 Å². The molecule has 0 aliphatic carbocycles. The van der Waals surface area contributed by atoms with Gasteiger partial charge in [-0.2, -0.15) is 0 Å². The number of carbonyl (C=O) groups excluding carboxylic acids is 1. The van der Waals surface area contributed by atoms with Crippen LogP contribution in [0.3, 0.4) is 0 Å². The lowest BCUT2D eigenvalue weighted by molar-refractivity contribution is -0.163. The molecule has 0 radical (unpaired) electrons. The van der Waals surface area contributed by atoms with Crippen molar-refractivity contribution in [1.29, 1.82) is 0 Å². The van der Waals surface area contributed by atoms with Crippen molar-refractivity contribution in [3.8, 4) is 0 Å². The molecule has 0 rings (SSSR count). The molecule has 0 fully saturated rings. The SMILES string of the molecule is C=C/C=C(\C=C)C(=O)N(C)OC. The van der Waals surface area contributed by atoms with Crippen LogP contribution in [-0.4, -0.2) is 25.1 Å². The largest absolute Gasteiger partial charge is 0.277 e. The predicted octanol–water partition coefficient (Wildman–Crippen LogP) is 1.30. The summed E-state index contributed by atoms with van der Waals surface area (Å²) in [6.07, 6.45) is 4.56. The lowest BCUT2D eigenvalue weighted by Gasteiger charge is -2.13. The van der Waals surface area contributed by atoms with Crippen LogP contribution in [0.1, 0.15) is 0 Å². The van der Waals surface area contributed by atoms with Crippen LogP contribution >= 0.6 is 0 Å². The number of hydrogen-bond donors (Lipinski definition) is 0. The van der Waals surface area contributed by atoms with Crippen LogP contribution in [0.4, 0.5) is 0 Å². The van der Waals surface area contributed by atoms with Crippen molar-refractivity contribution in [2.75, 3.05) is 14.2 Å². The lowest BCUT2D eigenvalue weighted by atomic mass is 10.2. The van der Waals surface area contributed by atoms with Gasteiger partial charge in [-0.15, -0.1) is 0 Å².